The van der Waals surface area contributed by atoms with Crippen LogP contribution in [0.4, 0.5) is 0 Å². The van der Waals surface area contributed by atoms with Crippen LogP contribution in [0.25, 0.3) is 6.08 Å². The van der Waals surface area contributed by atoms with E-state index < -0.39 is 11.8 Å². The molecule has 1 aliphatic heterocycles. The zero-order valence-electron chi connectivity index (χ0n) is 15.2. The Kier molecular flexibility index (Phi) is 6.69. The number of para-hydroxylation sites is 1. The van der Waals surface area contributed by atoms with Crippen molar-refractivity contribution >= 4 is 69.4 Å². The van der Waals surface area contributed by atoms with Gasteiger partial charge in [0.25, 0.3) is 11.8 Å². The van der Waals surface area contributed by atoms with E-state index in [-0.39, 0.29) is 14.9 Å². The van der Waals surface area contributed by atoms with E-state index in [4.69, 9.17) is 44.9 Å². The van der Waals surface area contributed by atoms with Gasteiger partial charge in [-0.1, -0.05) is 47.1 Å². The molecule has 2 aromatic carbocycles. The van der Waals surface area contributed by atoms with E-state index >= 15 is 0 Å². The summed E-state index contributed by atoms with van der Waals surface area (Å²) >= 11 is 18.2. The third-order valence-electron chi connectivity index (χ3n) is 3.90. The number of thiocarbonyl (C=S) groups is 1. The van der Waals surface area contributed by atoms with Crippen molar-refractivity contribution in [1.82, 2.24) is 10.4 Å². The van der Waals surface area contributed by atoms with Gasteiger partial charge in [-0.05, 0) is 42.6 Å². The Morgan fingerprint density at radius 3 is 2.62 bits per heavy atom. The van der Waals surface area contributed by atoms with Crippen LogP contribution in [0.1, 0.15) is 15.9 Å². The molecule has 0 spiro atoms. The van der Waals surface area contributed by atoms with Gasteiger partial charge in [0.05, 0.1) is 29.7 Å². The van der Waals surface area contributed by atoms with Gasteiger partial charge < -0.3 is 9.47 Å². The van der Waals surface area contributed by atoms with Crippen LogP contribution in [0, 0.1) is 0 Å². The highest BCUT2D eigenvalue weighted by Crippen LogP contribution is 2.37. The van der Waals surface area contributed by atoms with Crippen LogP contribution in [0.5, 0.6) is 11.5 Å². The molecule has 0 unspecified atom stereocenters. The Morgan fingerprint density at radius 1 is 1.21 bits per heavy atom. The average molecular weight is 469 g/mol. The highest BCUT2D eigenvalue weighted by molar-refractivity contribution is 8.26. The summed E-state index contributed by atoms with van der Waals surface area (Å²) < 4.78 is 10.8. The SMILES string of the molecule is COc1cccc(/C=C2\SC(=S)N(NC(=O)c3ccc(Cl)cc3Cl)C2=O)c1OC. The molecular formula is C19H14Cl2N2O4S2. The normalized spacial score (nSPS) is 15.0. The Hall–Kier alpha value is -2.26. The number of halogens is 2. The molecule has 10 heteroatoms. The number of carbonyl (C=O) groups is 2. The number of nitrogens with one attached hydrogen (secondary N) is 1. The Bertz CT molecular complexity index is 1040. The minimum Gasteiger partial charge on any atom is -0.493 e. The summed E-state index contributed by atoms with van der Waals surface area (Å²) in [6.07, 6.45) is 1.63. The Labute approximate surface area is 186 Å². The molecule has 1 fully saturated rings. The molecule has 29 heavy (non-hydrogen) atoms. The summed E-state index contributed by atoms with van der Waals surface area (Å²) in [5.41, 5.74) is 3.29. The maximum atomic E-state index is 12.8. The van der Waals surface area contributed by atoms with E-state index in [0.717, 1.165) is 16.8 Å². The molecule has 0 saturated carbocycles. The highest BCUT2D eigenvalue weighted by Gasteiger charge is 2.34. The van der Waals surface area contributed by atoms with Crippen LogP contribution in [-0.4, -0.2) is 35.4 Å². The van der Waals surface area contributed by atoms with Crippen molar-refractivity contribution in [3.05, 3.63) is 62.5 Å². The maximum absolute atomic E-state index is 12.8. The lowest BCUT2D eigenvalue weighted by molar-refractivity contribution is -0.123. The van der Waals surface area contributed by atoms with E-state index in [0.29, 0.717) is 27.0 Å². The standard InChI is InChI=1S/C19H14Cl2N2O4S2/c1-26-14-5-3-4-10(16(14)27-2)8-15-18(25)23(19(28)29-15)22-17(24)12-7-6-11(20)9-13(12)21/h3-9H,1-2H3,(H,22,24)/b15-8-. The molecule has 1 saturated heterocycles. The number of thioether (sulfide) groups is 1. The number of hydrazine groups is 1. The monoisotopic (exact) mass is 468 g/mol. The number of rotatable bonds is 5. The molecule has 0 radical (unpaired) electrons. The van der Waals surface area contributed by atoms with Crippen molar-refractivity contribution in [3.63, 3.8) is 0 Å². The van der Waals surface area contributed by atoms with Gasteiger partial charge in [-0.2, -0.15) is 5.01 Å². The minimum absolute atomic E-state index is 0.164. The molecule has 3 rings (SSSR count). The van der Waals surface area contributed by atoms with Gasteiger partial charge in [0, 0.05) is 10.6 Å². The summed E-state index contributed by atoms with van der Waals surface area (Å²) in [5, 5.41) is 1.57. The minimum atomic E-state index is -0.580. The van der Waals surface area contributed by atoms with Crippen molar-refractivity contribution in [2.24, 2.45) is 0 Å². The van der Waals surface area contributed by atoms with Crippen LogP contribution in [0.15, 0.2) is 41.3 Å². The molecule has 0 atom stereocenters. The Balaban J connectivity index is 1.85. The average Bonchev–Trinajstić information content (AvgIpc) is 2.95. The van der Waals surface area contributed by atoms with Crippen molar-refractivity contribution in [2.45, 2.75) is 0 Å². The quantitative estimate of drug-likeness (QED) is 0.512. The van der Waals surface area contributed by atoms with Gasteiger partial charge in [-0.3, -0.25) is 15.0 Å². The molecule has 1 heterocycles. The van der Waals surface area contributed by atoms with Gasteiger partial charge in [-0.25, -0.2) is 0 Å². The van der Waals surface area contributed by atoms with Crippen LogP contribution in [0.3, 0.4) is 0 Å². The highest BCUT2D eigenvalue weighted by atomic mass is 35.5. The van der Waals surface area contributed by atoms with Gasteiger partial charge >= 0.3 is 0 Å². The topological polar surface area (TPSA) is 67.9 Å². The first kappa shape index (κ1) is 21.4. The molecule has 2 amide bonds. The number of nitrogens with zero attached hydrogens (tertiary/aromatic N) is 1. The van der Waals surface area contributed by atoms with Crippen molar-refractivity contribution in [2.75, 3.05) is 14.2 Å². The van der Waals surface area contributed by atoms with Crippen molar-refractivity contribution in [1.29, 1.82) is 0 Å². The van der Waals surface area contributed by atoms with E-state index in [1.54, 1.807) is 24.3 Å². The van der Waals surface area contributed by atoms with Gasteiger partial charge in [0.1, 0.15) is 0 Å². The fourth-order valence-corrected chi connectivity index (χ4v) is 4.23. The predicted molar refractivity (Wildman–Crippen MR) is 118 cm³/mol. The smallest absolute Gasteiger partial charge is 0.285 e. The van der Waals surface area contributed by atoms with E-state index in [1.165, 1.54) is 32.4 Å². The molecule has 0 bridgehead atoms. The molecule has 0 aliphatic carbocycles. The molecule has 1 N–H and O–H groups in total. The summed E-state index contributed by atoms with van der Waals surface area (Å²) in [6, 6.07) is 9.74. The number of methoxy groups -OCH3 is 2. The van der Waals surface area contributed by atoms with Gasteiger partial charge in [0.15, 0.2) is 15.8 Å². The maximum Gasteiger partial charge on any atom is 0.285 e. The second kappa shape index (κ2) is 9.04. The molecule has 2 aromatic rings. The van der Waals surface area contributed by atoms with E-state index in [2.05, 4.69) is 5.43 Å². The number of hydrogen-bond acceptors (Lipinski definition) is 6. The predicted octanol–water partition coefficient (Wildman–Crippen LogP) is 4.56. The largest absolute Gasteiger partial charge is 0.493 e. The summed E-state index contributed by atoms with van der Waals surface area (Å²) in [5.74, 6) is -0.0360. The van der Waals surface area contributed by atoms with Gasteiger partial charge in [-0.15, -0.1) is 0 Å². The molecule has 150 valence electrons. The molecule has 1 aliphatic rings. The number of hydrogen-bond donors (Lipinski definition) is 1. The lowest BCUT2D eigenvalue weighted by Crippen LogP contribution is -2.44. The van der Waals surface area contributed by atoms with Crippen LogP contribution in [0.2, 0.25) is 10.0 Å². The summed E-state index contributed by atoms with van der Waals surface area (Å²) in [6.45, 7) is 0. The summed E-state index contributed by atoms with van der Waals surface area (Å²) in [4.78, 5) is 25.6. The molecular weight excluding hydrogens is 455 g/mol. The zero-order chi connectivity index (χ0) is 21.1. The first-order valence-corrected chi connectivity index (χ1v) is 10.1. The lowest BCUT2D eigenvalue weighted by atomic mass is 10.1. The first-order valence-electron chi connectivity index (χ1n) is 8.10. The van der Waals surface area contributed by atoms with Crippen LogP contribution < -0.4 is 14.9 Å². The fourth-order valence-electron chi connectivity index (χ4n) is 2.57. The fraction of sp³-hybridized carbons (Fsp3) is 0.105. The number of amides is 2. The van der Waals surface area contributed by atoms with Gasteiger partial charge in [0.2, 0.25) is 0 Å². The second-order valence-electron chi connectivity index (χ2n) is 5.66. The summed E-state index contributed by atoms with van der Waals surface area (Å²) in [7, 11) is 3.04. The third-order valence-corrected chi connectivity index (χ3v) is 5.75. The number of carbonyl (C=O) groups excluding carboxylic acids is 2. The Morgan fingerprint density at radius 2 is 1.97 bits per heavy atom. The van der Waals surface area contributed by atoms with Crippen LogP contribution in [-0.2, 0) is 4.79 Å². The van der Waals surface area contributed by atoms with E-state index in [9.17, 15) is 9.59 Å². The number of benzene rings is 2. The third kappa shape index (κ3) is 4.51. The molecule has 0 aromatic heterocycles. The van der Waals surface area contributed by atoms with Crippen molar-refractivity contribution in [3.8, 4) is 11.5 Å². The molecule has 6 nitrogen and oxygen atoms in total. The second-order valence-corrected chi connectivity index (χ2v) is 8.18. The van der Waals surface area contributed by atoms with E-state index in [1.807, 2.05) is 0 Å². The lowest BCUT2D eigenvalue weighted by Gasteiger charge is -2.16. The van der Waals surface area contributed by atoms with Crippen molar-refractivity contribution < 1.29 is 19.1 Å². The first-order chi connectivity index (χ1) is 13.8. The van der Waals surface area contributed by atoms with Crippen LogP contribution >= 0.6 is 47.2 Å². The number of ether oxygens (including phenoxy) is 2. The zero-order valence-corrected chi connectivity index (χ0v) is 18.3.